The summed E-state index contributed by atoms with van der Waals surface area (Å²) < 4.78 is 9.78. The van der Waals surface area contributed by atoms with Crippen LogP contribution in [0, 0.1) is 17.8 Å². The number of ether oxygens (including phenoxy) is 2. The molecule has 1 fully saturated rings. The average molecular weight is 315 g/mol. The molecule has 1 aliphatic rings. The van der Waals surface area contributed by atoms with E-state index in [1.54, 1.807) is 13.8 Å². The van der Waals surface area contributed by atoms with Gasteiger partial charge in [-0.3, -0.25) is 9.59 Å². The van der Waals surface area contributed by atoms with Crippen molar-refractivity contribution in [3.05, 3.63) is 0 Å². The highest BCUT2D eigenvalue weighted by Crippen LogP contribution is 2.28. The number of esters is 1. The van der Waals surface area contributed by atoms with E-state index < -0.39 is 12.1 Å². The Morgan fingerprint density at radius 3 is 2.23 bits per heavy atom. The van der Waals surface area contributed by atoms with Gasteiger partial charge in [0.25, 0.3) is 0 Å². The molecule has 0 aliphatic heterocycles. The van der Waals surface area contributed by atoms with Crippen molar-refractivity contribution in [2.24, 2.45) is 17.8 Å². The molecule has 1 rings (SSSR count). The van der Waals surface area contributed by atoms with Crippen molar-refractivity contribution in [3.8, 4) is 0 Å². The van der Waals surface area contributed by atoms with E-state index in [1.165, 1.54) is 0 Å². The molecule has 0 heterocycles. The molecule has 22 heavy (non-hydrogen) atoms. The fourth-order valence-corrected chi connectivity index (χ4v) is 2.34. The lowest BCUT2D eigenvalue weighted by Crippen LogP contribution is -2.33. The van der Waals surface area contributed by atoms with E-state index in [4.69, 9.17) is 14.6 Å². The molecule has 1 amide bonds. The third-order valence-electron chi connectivity index (χ3n) is 3.76. The Bertz CT molecular complexity index is 387. The summed E-state index contributed by atoms with van der Waals surface area (Å²) in [5.74, 6) is -1.21. The van der Waals surface area contributed by atoms with Gasteiger partial charge in [-0.2, -0.15) is 0 Å². The first-order valence-electron chi connectivity index (χ1n) is 7.70. The number of rotatable bonds is 7. The number of amides is 1. The average Bonchev–Trinajstić information content (AvgIpc) is 2.49. The number of carbonyl (C=O) groups is 3. The highest BCUT2D eigenvalue weighted by atomic mass is 16.6. The highest BCUT2D eigenvalue weighted by Gasteiger charge is 2.26. The first kappa shape index (κ1) is 18.3. The number of alkyl carbamates (subject to hydrolysis) is 1. The SMILES string of the molecule is CC(C)C(=O)OCCOC(=O)NCC1CCC(C(=O)O)CC1. The third kappa shape index (κ3) is 6.78. The smallest absolute Gasteiger partial charge is 0.407 e. The summed E-state index contributed by atoms with van der Waals surface area (Å²) >= 11 is 0. The number of nitrogens with one attached hydrogen (secondary N) is 1. The topological polar surface area (TPSA) is 102 Å². The van der Waals surface area contributed by atoms with E-state index in [0.717, 1.165) is 12.8 Å². The van der Waals surface area contributed by atoms with Crippen molar-refractivity contribution in [3.63, 3.8) is 0 Å². The first-order valence-corrected chi connectivity index (χ1v) is 7.70. The summed E-state index contributed by atoms with van der Waals surface area (Å²) in [5, 5.41) is 11.6. The van der Waals surface area contributed by atoms with Crippen LogP contribution in [0.2, 0.25) is 0 Å². The second-order valence-corrected chi connectivity index (χ2v) is 5.89. The van der Waals surface area contributed by atoms with Gasteiger partial charge in [-0.05, 0) is 31.6 Å². The minimum absolute atomic E-state index is 0.0239. The number of carbonyl (C=O) groups excluding carboxylic acids is 2. The summed E-state index contributed by atoms with van der Waals surface area (Å²) in [6.07, 6.45) is 2.36. The minimum Gasteiger partial charge on any atom is -0.481 e. The van der Waals surface area contributed by atoms with Gasteiger partial charge in [0, 0.05) is 6.54 Å². The number of hydrogen-bond donors (Lipinski definition) is 2. The van der Waals surface area contributed by atoms with E-state index in [1.807, 2.05) is 0 Å². The van der Waals surface area contributed by atoms with E-state index in [2.05, 4.69) is 5.32 Å². The standard InChI is InChI=1S/C15H25NO6/c1-10(2)14(19)21-7-8-22-15(20)16-9-11-3-5-12(6-4-11)13(17)18/h10-12H,3-9H2,1-2H3,(H,16,20)(H,17,18). The monoisotopic (exact) mass is 315 g/mol. The van der Waals surface area contributed by atoms with Crippen LogP contribution < -0.4 is 5.32 Å². The molecular weight excluding hydrogens is 290 g/mol. The first-order chi connectivity index (χ1) is 10.4. The van der Waals surface area contributed by atoms with E-state index >= 15 is 0 Å². The number of aliphatic carboxylic acids is 1. The maximum atomic E-state index is 11.5. The molecule has 7 nitrogen and oxygen atoms in total. The second-order valence-electron chi connectivity index (χ2n) is 5.89. The predicted octanol–water partition coefficient (Wildman–Crippen LogP) is 1.80. The summed E-state index contributed by atoms with van der Waals surface area (Å²) in [7, 11) is 0. The van der Waals surface area contributed by atoms with Crippen LogP contribution in [-0.4, -0.2) is 42.9 Å². The summed E-state index contributed by atoms with van der Waals surface area (Å²) in [4.78, 5) is 33.5. The van der Waals surface area contributed by atoms with Crippen LogP contribution in [0.15, 0.2) is 0 Å². The molecule has 7 heteroatoms. The van der Waals surface area contributed by atoms with Gasteiger partial charge < -0.3 is 19.9 Å². The van der Waals surface area contributed by atoms with E-state index in [9.17, 15) is 14.4 Å². The molecule has 126 valence electrons. The lowest BCUT2D eigenvalue weighted by molar-refractivity contribution is -0.148. The zero-order valence-corrected chi connectivity index (χ0v) is 13.2. The van der Waals surface area contributed by atoms with Crippen LogP contribution in [0.3, 0.4) is 0 Å². The maximum absolute atomic E-state index is 11.5. The molecule has 1 aliphatic carbocycles. The normalized spacial score (nSPS) is 21.2. The molecular formula is C15H25NO6. The number of carboxylic acid groups (broad SMARTS) is 1. The van der Waals surface area contributed by atoms with Gasteiger partial charge >= 0.3 is 18.0 Å². The Kier molecular flexibility index (Phi) is 7.70. The fraction of sp³-hybridized carbons (Fsp3) is 0.800. The van der Waals surface area contributed by atoms with Crippen molar-refractivity contribution >= 4 is 18.0 Å². The van der Waals surface area contributed by atoms with Crippen LogP contribution >= 0.6 is 0 Å². The number of carboxylic acids is 1. The third-order valence-corrected chi connectivity index (χ3v) is 3.76. The van der Waals surface area contributed by atoms with Gasteiger partial charge in [0.15, 0.2) is 0 Å². The van der Waals surface area contributed by atoms with Crippen molar-refractivity contribution < 1.29 is 29.0 Å². The zero-order valence-electron chi connectivity index (χ0n) is 13.2. The Morgan fingerprint density at radius 2 is 1.68 bits per heavy atom. The van der Waals surface area contributed by atoms with Crippen molar-refractivity contribution in [2.75, 3.05) is 19.8 Å². The Morgan fingerprint density at radius 1 is 1.09 bits per heavy atom. The summed E-state index contributed by atoms with van der Waals surface area (Å²) in [5.41, 5.74) is 0. The Hall–Kier alpha value is -1.79. The summed E-state index contributed by atoms with van der Waals surface area (Å²) in [6.45, 7) is 4.02. The van der Waals surface area contributed by atoms with Crippen LogP contribution in [0.25, 0.3) is 0 Å². The minimum atomic E-state index is -0.734. The van der Waals surface area contributed by atoms with Gasteiger partial charge in [0.05, 0.1) is 11.8 Å². The van der Waals surface area contributed by atoms with Crippen LogP contribution in [-0.2, 0) is 19.1 Å². The summed E-state index contributed by atoms with van der Waals surface area (Å²) in [6, 6.07) is 0. The van der Waals surface area contributed by atoms with Crippen LogP contribution in [0.1, 0.15) is 39.5 Å². The van der Waals surface area contributed by atoms with E-state index in [-0.39, 0.29) is 31.0 Å². The van der Waals surface area contributed by atoms with Crippen molar-refractivity contribution in [1.29, 1.82) is 0 Å². The second kappa shape index (κ2) is 9.27. The highest BCUT2D eigenvalue weighted by molar-refractivity contribution is 5.71. The molecule has 0 aromatic heterocycles. The van der Waals surface area contributed by atoms with Gasteiger partial charge in [-0.15, -0.1) is 0 Å². The van der Waals surface area contributed by atoms with Crippen molar-refractivity contribution in [1.82, 2.24) is 5.32 Å². The van der Waals surface area contributed by atoms with Crippen LogP contribution in [0.5, 0.6) is 0 Å². The van der Waals surface area contributed by atoms with Gasteiger partial charge in [0.1, 0.15) is 13.2 Å². The van der Waals surface area contributed by atoms with Crippen LogP contribution in [0.4, 0.5) is 4.79 Å². The quantitative estimate of drug-likeness (QED) is 0.548. The molecule has 0 atom stereocenters. The lowest BCUT2D eigenvalue weighted by atomic mass is 9.82. The molecule has 0 spiro atoms. The molecule has 0 saturated heterocycles. The molecule has 1 saturated carbocycles. The zero-order chi connectivity index (χ0) is 16.5. The molecule has 0 bridgehead atoms. The van der Waals surface area contributed by atoms with Gasteiger partial charge in [0.2, 0.25) is 0 Å². The van der Waals surface area contributed by atoms with E-state index in [0.29, 0.717) is 25.3 Å². The largest absolute Gasteiger partial charge is 0.481 e. The fourth-order valence-electron chi connectivity index (χ4n) is 2.34. The van der Waals surface area contributed by atoms with Gasteiger partial charge in [-0.25, -0.2) is 4.79 Å². The predicted molar refractivity (Wildman–Crippen MR) is 78.2 cm³/mol. The lowest BCUT2D eigenvalue weighted by Gasteiger charge is -2.25. The van der Waals surface area contributed by atoms with Gasteiger partial charge in [-0.1, -0.05) is 13.8 Å². The molecule has 0 radical (unpaired) electrons. The maximum Gasteiger partial charge on any atom is 0.407 e. The number of hydrogen-bond acceptors (Lipinski definition) is 5. The molecule has 0 unspecified atom stereocenters. The molecule has 0 aromatic rings. The Labute approximate surface area is 130 Å². The molecule has 0 aromatic carbocycles. The Balaban J connectivity index is 2.07. The molecule has 2 N–H and O–H groups in total. The van der Waals surface area contributed by atoms with Crippen molar-refractivity contribution in [2.45, 2.75) is 39.5 Å².